The molecule has 0 fully saturated rings. The normalized spacial score (nSPS) is 14.2. The molecule has 2 aliphatic rings. The Hall–Kier alpha value is -13.6. The molecule has 0 spiro atoms. The van der Waals surface area contributed by atoms with Gasteiger partial charge in [0.05, 0.1) is 61.1 Å². The van der Waals surface area contributed by atoms with Crippen molar-refractivity contribution in [1.82, 2.24) is 28.7 Å². The molecule has 21 rings (SSSR count). The SMILES string of the molecule is [2H]c1c([2H])c([2H])c2c(c1[2H])c1c([2H])c([2H])c([2H])c([2H])c1n2-c1cc2c3c(c1)N(c1c(-c4ccccc4)cc(C(C)(C)C)cc1-c1ccccc1)c1cc(-n4c5ccc(C(C)(C)C)cc5c5cc(C(C)(C)C)ccc54)ccc1B3c1ccc(-n3c4ccc(C(C)(C)C)cc4c4cc(C(C)(C)C)ccc43)cc1N2c1ccc(C(C)(C)C)cc1-c1nc(-c2ccccc2)nc(-c2ccccc2)n1. The Kier molecular flexibility index (Phi) is 16.3. The van der Waals surface area contributed by atoms with Crippen LogP contribution in [-0.2, 0) is 32.5 Å². The van der Waals surface area contributed by atoms with Crippen LogP contribution in [0, 0.1) is 0 Å². The van der Waals surface area contributed by atoms with Crippen LogP contribution in [0.25, 0.3) is 139 Å². The summed E-state index contributed by atoms with van der Waals surface area (Å²) in [7, 11) is 0. The maximum Gasteiger partial charge on any atom is 0.252 e. The van der Waals surface area contributed by atoms with Crippen molar-refractivity contribution < 1.29 is 11.0 Å². The first-order valence-electron chi connectivity index (χ1n) is 48.2. The molecule has 9 heteroatoms. The zero-order chi connectivity index (χ0) is 94.1. The van der Waals surface area contributed by atoms with E-state index < -0.39 is 65.9 Å². The number of rotatable bonds is 10. The Balaban J connectivity index is 0.993. The van der Waals surface area contributed by atoms with Crippen molar-refractivity contribution in [3.05, 3.63) is 355 Å². The van der Waals surface area contributed by atoms with Gasteiger partial charge in [0.2, 0.25) is 0 Å². The summed E-state index contributed by atoms with van der Waals surface area (Å²) in [5.74, 6) is 1.34. The number of anilines is 6. The smallest absolute Gasteiger partial charge is 0.252 e. The van der Waals surface area contributed by atoms with Crippen LogP contribution in [0.5, 0.6) is 0 Å². The zero-order valence-electron chi connectivity index (χ0n) is 83.1. The molecule has 0 saturated carbocycles. The Bertz CT molecular complexity index is 7820. The Labute approximate surface area is 752 Å². The van der Waals surface area contributed by atoms with Gasteiger partial charge in [-0.3, -0.25) is 0 Å². The average molecular weight is 1640 g/mol. The fourth-order valence-corrected chi connectivity index (χ4v) is 19.3. The predicted molar refractivity (Wildman–Crippen MR) is 536 cm³/mol. The van der Waals surface area contributed by atoms with E-state index in [2.05, 4.69) is 356 Å². The van der Waals surface area contributed by atoms with Gasteiger partial charge in [0, 0.05) is 94.3 Å². The number of hydrogen-bond acceptors (Lipinski definition) is 5. The summed E-state index contributed by atoms with van der Waals surface area (Å²) in [6.07, 6.45) is 0. The molecule has 0 unspecified atom stereocenters. The van der Waals surface area contributed by atoms with Crippen molar-refractivity contribution in [3.8, 4) is 73.5 Å². The molecule has 0 aliphatic carbocycles. The summed E-state index contributed by atoms with van der Waals surface area (Å²) < 4.78 is 86.2. The number of para-hydroxylation sites is 2. The molecule has 0 radical (unpaired) electrons. The Morgan fingerprint density at radius 3 is 0.952 bits per heavy atom. The van der Waals surface area contributed by atoms with Crippen molar-refractivity contribution in [2.24, 2.45) is 0 Å². The van der Waals surface area contributed by atoms with Crippen LogP contribution in [-0.4, -0.2) is 35.4 Å². The van der Waals surface area contributed by atoms with E-state index >= 15 is 0 Å². The molecule has 0 atom stereocenters. The first-order chi connectivity index (χ1) is 63.6. The van der Waals surface area contributed by atoms with Gasteiger partial charge in [0.1, 0.15) is 0 Å². The molecule has 4 aromatic heterocycles. The third-order valence-corrected chi connectivity index (χ3v) is 26.2. The molecule has 0 amide bonds. The molecular weight excluding hydrogens is 1530 g/mol. The van der Waals surface area contributed by atoms with E-state index in [0.717, 1.165) is 133 Å². The maximum atomic E-state index is 10.4. The lowest BCUT2D eigenvalue weighted by Gasteiger charge is -2.46. The summed E-state index contributed by atoms with van der Waals surface area (Å²) in [5.41, 5.74) is 24.9. The molecule has 0 N–H and O–H groups in total. The number of nitrogens with zero attached hydrogens (tertiary/aromatic N) is 8. The summed E-state index contributed by atoms with van der Waals surface area (Å²) in [6, 6.07) is 95.2. The van der Waals surface area contributed by atoms with E-state index in [0.29, 0.717) is 45.8 Å². The maximum absolute atomic E-state index is 10.4. The van der Waals surface area contributed by atoms with Crippen molar-refractivity contribution >= 4 is 123 Å². The molecule has 8 nitrogen and oxygen atoms in total. The van der Waals surface area contributed by atoms with Crippen molar-refractivity contribution in [2.45, 2.75) is 157 Å². The van der Waals surface area contributed by atoms with E-state index in [4.69, 9.17) is 15.0 Å². The van der Waals surface area contributed by atoms with Crippen LogP contribution in [0.1, 0.15) is 169 Å². The van der Waals surface area contributed by atoms with Crippen LogP contribution in [0.15, 0.2) is 321 Å². The highest BCUT2D eigenvalue weighted by atomic mass is 15.2. The van der Waals surface area contributed by atoms with E-state index in [-0.39, 0.29) is 43.5 Å². The van der Waals surface area contributed by atoms with E-state index in [1.165, 1.54) is 22.3 Å². The fraction of sp³-hybridized carbons (Fsp3) is 0.205. The highest BCUT2D eigenvalue weighted by Crippen LogP contribution is 2.55. The molecule has 0 bridgehead atoms. The lowest BCUT2D eigenvalue weighted by molar-refractivity contribution is 0.590. The van der Waals surface area contributed by atoms with Gasteiger partial charge in [0.25, 0.3) is 6.71 Å². The van der Waals surface area contributed by atoms with Crippen LogP contribution in [0.3, 0.4) is 0 Å². The minimum atomic E-state index is -0.635. The molecule has 0 saturated heterocycles. The molecule has 19 aromatic rings. The van der Waals surface area contributed by atoms with E-state index in [1.54, 1.807) is 4.57 Å². The van der Waals surface area contributed by atoms with Crippen LogP contribution in [0.2, 0.25) is 0 Å². The molecule has 15 aromatic carbocycles. The second-order valence-corrected chi connectivity index (χ2v) is 40.8. The Morgan fingerprint density at radius 1 is 0.246 bits per heavy atom. The highest BCUT2D eigenvalue weighted by Gasteiger charge is 2.47. The second kappa shape index (κ2) is 29.0. The summed E-state index contributed by atoms with van der Waals surface area (Å²) >= 11 is 0. The van der Waals surface area contributed by atoms with Gasteiger partial charge in [-0.25, -0.2) is 15.0 Å². The molecule has 126 heavy (non-hydrogen) atoms. The van der Waals surface area contributed by atoms with Gasteiger partial charge >= 0.3 is 0 Å². The lowest BCUT2D eigenvalue weighted by atomic mass is 9.33. The highest BCUT2D eigenvalue weighted by molar-refractivity contribution is 7.00. The van der Waals surface area contributed by atoms with Crippen molar-refractivity contribution in [1.29, 1.82) is 0 Å². The summed E-state index contributed by atoms with van der Waals surface area (Å²) in [4.78, 5) is 21.6. The van der Waals surface area contributed by atoms with E-state index in [1.807, 2.05) is 60.7 Å². The number of hydrogen-bond donors (Lipinski definition) is 0. The fourth-order valence-electron chi connectivity index (χ4n) is 19.3. The van der Waals surface area contributed by atoms with Crippen LogP contribution >= 0.6 is 0 Å². The summed E-state index contributed by atoms with van der Waals surface area (Å²) in [6.45, 7) is 40.1. The monoisotopic (exact) mass is 1640 g/mol. The second-order valence-electron chi connectivity index (χ2n) is 40.8. The number of fused-ring (bicyclic) bond motifs is 13. The number of aromatic nitrogens is 6. The van der Waals surface area contributed by atoms with Gasteiger partial charge in [-0.2, -0.15) is 0 Å². The zero-order valence-corrected chi connectivity index (χ0v) is 75.1. The average Bonchev–Trinajstić information content (AvgIpc) is 1.05. The largest absolute Gasteiger partial charge is 0.311 e. The standard InChI is InChI=1S/C117H107BN8/c1-112(2,3)76-47-56-98-89(61-76)90-62-77(113(4,5)6)48-57-99(90)122(98)82-52-54-94-103(68-82)125(102-60-51-80(116(13,14)15)65-93(102)111-120-109(74-39-27-21-28-40-74)119-110(121-111)75-41-29-22-30-42-75)105-70-84(124-96-45-33-31-43-85(96)86-44-32-34-46-97(86)124)71-106-107(105)118(94)95-55-53-83(123-100-58-49-78(114(7,8)9)63-91(100)92-64-79(115(10,11)12)50-59-101(92)123)69-104(95)126(106)108-87(72-35-23-19-24-36-72)66-81(117(16,17)18)67-88(108)73-37-25-20-26-38-73/h19-71H,1-18H3/i31D,32D,33D,34D,43D,44D,45D,46D. The van der Waals surface area contributed by atoms with Crippen molar-refractivity contribution in [2.75, 3.05) is 9.80 Å². The molecular formula is C117H107BN8. The predicted octanol–water partition coefficient (Wildman–Crippen LogP) is 29.4. The Morgan fingerprint density at radius 2 is 0.563 bits per heavy atom. The van der Waals surface area contributed by atoms with Gasteiger partial charge in [-0.1, -0.05) is 325 Å². The molecule has 2 aliphatic heterocycles. The molecule has 6 heterocycles. The third-order valence-electron chi connectivity index (χ3n) is 26.2. The van der Waals surface area contributed by atoms with Gasteiger partial charge in [-0.15, -0.1) is 0 Å². The van der Waals surface area contributed by atoms with Gasteiger partial charge in [-0.05, 0) is 215 Å². The quantitative estimate of drug-likeness (QED) is 0.128. The summed E-state index contributed by atoms with van der Waals surface area (Å²) in [5, 5.41) is 4.43. The number of benzene rings is 15. The lowest BCUT2D eigenvalue weighted by Crippen LogP contribution is -2.61. The minimum absolute atomic E-state index is 0.0187. The van der Waals surface area contributed by atoms with Crippen molar-refractivity contribution in [3.63, 3.8) is 0 Å². The van der Waals surface area contributed by atoms with Gasteiger partial charge in [0.15, 0.2) is 17.5 Å². The van der Waals surface area contributed by atoms with Gasteiger partial charge < -0.3 is 23.5 Å². The van der Waals surface area contributed by atoms with Crippen LogP contribution < -0.4 is 26.2 Å². The topological polar surface area (TPSA) is 59.9 Å². The minimum Gasteiger partial charge on any atom is -0.311 e. The first kappa shape index (κ1) is 70.7. The molecule has 618 valence electrons. The van der Waals surface area contributed by atoms with Crippen LogP contribution in [0.4, 0.5) is 34.1 Å². The third kappa shape index (κ3) is 13.3. The first-order valence-corrected chi connectivity index (χ1v) is 44.2. The van der Waals surface area contributed by atoms with E-state index in [9.17, 15) is 11.0 Å².